The van der Waals surface area contributed by atoms with Gasteiger partial charge in [-0.25, -0.2) is 0 Å². The third-order valence-corrected chi connectivity index (χ3v) is 5.65. The normalized spacial score (nSPS) is 14.8. The van der Waals surface area contributed by atoms with E-state index in [-0.39, 0.29) is 17.4 Å². The maximum absolute atomic E-state index is 12.6. The van der Waals surface area contributed by atoms with Gasteiger partial charge in [-0.05, 0) is 55.3 Å². The highest BCUT2D eigenvalue weighted by Crippen LogP contribution is 2.30. The minimum absolute atomic E-state index is 0.0869. The summed E-state index contributed by atoms with van der Waals surface area (Å²) in [5.41, 5.74) is 3.66. The van der Waals surface area contributed by atoms with E-state index in [4.69, 9.17) is 13.9 Å². The second kappa shape index (κ2) is 8.47. The van der Waals surface area contributed by atoms with Crippen LogP contribution in [0.15, 0.2) is 75.9 Å². The average Bonchev–Trinajstić information content (AvgIpc) is 2.83. The van der Waals surface area contributed by atoms with Crippen LogP contribution in [0, 0.1) is 13.8 Å². The molecule has 0 bridgehead atoms. The SMILES string of the molecule is Cc1cc(C)c2oc(-c3ccc(C(=O)NCC4COc5ccccc5O4)cc3)cc(=O)c2c1. The molecule has 1 amide bonds. The Bertz CT molecular complexity index is 1400. The van der Waals surface area contributed by atoms with E-state index >= 15 is 0 Å². The molecule has 1 aromatic heterocycles. The average molecular weight is 441 g/mol. The Labute approximate surface area is 190 Å². The topological polar surface area (TPSA) is 77.8 Å². The molecule has 0 aliphatic carbocycles. The largest absolute Gasteiger partial charge is 0.486 e. The Morgan fingerprint density at radius 2 is 1.76 bits per heavy atom. The number of rotatable bonds is 4. The molecule has 1 atom stereocenters. The van der Waals surface area contributed by atoms with Gasteiger partial charge in [-0.15, -0.1) is 0 Å². The fourth-order valence-electron chi connectivity index (χ4n) is 4.01. The molecule has 2 heterocycles. The van der Waals surface area contributed by atoms with E-state index in [0.29, 0.717) is 46.9 Å². The molecule has 0 saturated carbocycles. The third-order valence-electron chi connectivity index (χ3n) is 5.65. The summed E-state index contributed by atoms with van der Waals surface area (Å²) in [4.78, 5) is 25.2. The maximum atomic E-state index is 12.6. The minimum Gasteiger partial charge on any atom is -0.486 e. The van der Waals surface area contributed by atoms with Gasteiger partial charge in [0, 0.05) is 17.2 Å². The Hall–Kier alpha value is -4.06. The zero-order valence-electron chi connectivity index (χ0n) is 18.4. The number of ether oxygens (including phenoxy) is 2. The quantitative estimate of drug-likeness (QED) is 0.499. The zero-order valence-corrected chi connectivity index (χ0v) is 18.4. The van der Waals surface area contributed by atoms with Gasteiger partial charge in [-0.3, -0.25) is 9.59 Å². The number of hydrogen-bond acceptors (Lipinski definition) is 5. The lowest BCUT2D eigenvalue weighted by molar-refractivity contribution is 0.0789. The van der Waals surface area contributed by atoms with E-state index in [1.165, 1.54) is 6.07 Å². The van der Waals surface area contributed by atoms with Crippen molar-refractivity contribution in [2.45, 2.75) is 20.0 Å². The predicted octanol–water partition coefficient (Wildman–Crippen LogP) is 4.65. The fourth-order valence-corrected chi connectivity index (χ4v) is 4.01. The number of aryl methyl sites for hydroxylation is 2. The van der Waals surface area contributed by atoms with Crippen molar-refractivity contribution in [1.82, 2.24) is 5.32 Å². The van der Waals surface area contributed by atoms with Crippen LogP contribution in [0.5, 0.6) is 11.5 Å². The molecule has 1 aliphatic heterocycles. The van der Waals surface area contributed by atoms with E-state index in [1.54, 1.807) is 24.3 Å². The third kappa shape index (κ3) is 4.20. The zero-order chi connectivity index (χ0) is 22.9. The first-order chi connectivity index (χ1) is 16.0. The molecule has 0 fully saturated rings. The van der Waals surface area contributed by atoms with E-state index < -0.39 is 0 Å². The lowest BCUT2D eigenvalue weighted by Gasteiger charge is -2.26. The van der Waals surface area contributed by atoms with Crippen LogP contribution in [0.1, 0.15) is 21.5 Å². The van der Waals surface area contributed by atoms with Crippen LogP contribution >= 0.6 is 0 Å². The highest BCUT2D eigenvalue weighted by molar-refractivity contribution is 5.94. The van der Waals surface area contributed by atoms with E-state index in [9.17, 15) is 9.59 Å². The lowest BCUT2D eigenvalue weighted by atomic mass is 10.1. The molecule has 1 N–H and O–H groups in total. The number of amides is 1. The molecular weight excluding hydrogens is 418 g/mol. The molecular formula is C27H23NO5. The molecule has 33 heavy (non-hydrogen) atoms. The van der Waals surface area contributed by atoms with Gasteiger partial charge in [-0.2, -0.15) is 0 Å². The molecule has 5 rings (SSSR count). The highest BCUT2D eigenvalue weighted by atomic mass is 16.6. The standard InChI is InChI=1S/C27H23NO5/c1-16-11-17(2)26-21(12-16)22(29)13-25(33-26)18-7-9-19(10-8-18)27(30)28-14-20-15-31-23-5-3-4-6-24(23)32-20/h3-13,20H,14-15H2,1-2H3,(H,28,30). The predicted molar refractivity (Wildman–Crippen MR) is 126 cm³/mol. The van der Waals surface area contributed by atoms with Crippen LogP contribution in [0.2, 0.25) is 0 Å². The van der Waals surface area contributed by atoms with Crippen LogP contribution in [0.25, 0.3) is 22.3 Å². The van der Waals surface area contributed by atoms with Crippen LogP contribution < -0.4 is 20.2 Å². The summed E-state index contributed by atoms with van der Waals surface area (Å²) in [7, 11) is 0. The summed E-state index contributed by atoms with van der Waals surface area (Å²) < 4.78 is 17.6. The number of fused-ring (bicyclic) bond motifs is 2. The molecule has 3 aromatic carbocycles. The molecule has 4 aromatic rings. The first-order valence-electron chi connectivity index (χ1n) is 10.8. The highest BCUT2D eigenvalue weighted by Gasteiger charge is 2.21. The van der Waals surface area contributed by atoms with Crippen molar-refractivity contribution in [1.29, 1.82) is 0 Å². The Kier molecular flexibility index (Phi) is 5.34. The molecule has 0 saturated heterocycles. The molecule has 6 nitrogen and oxygen atoms in total. The second-order valence-corrected chi connectivity index (χ2v) is 8.22. The van der Waals surface area contributed by atoms with Gasteiger partial charge < -0.3 is 19.2 Å². The minimum atomic E-state index is -0.262. The molecule has 0 spiro atoms. The summed E-state index contributed by atoms with van der Waals surface area (Å²) >= 11 is 0. The van der Waals surface area contributed by atoms with Crippen LogP contribution in [0.3, 0.4) is 0 Å². The molecule has 1 aliphatic rings. The number of para-hydroxylation sites is 2. The van der Waals surface area contributed by atoms with Crippen LogP contribution in [0.4, 0.5) is 0 Å². The summed E-state index contributed by atoms with van der Waals surface area (Å²) in [6.45, 7) is 4.58. The smallest absolute Gasteiger partial charge is 0.251 e. The van der Waals surface area contributed by atoms with Gasteiger partial charge in [0.2, 0.25) is 0 Å². The molecule has 166 valence electrons. The van der Waals surface area contributed by atoms with Gasteiger partial charge in [0.05, 0.1) is 11.9 Å². The van der Waals surface area contributed by atoms with Crippen molar-refractivity contribution in [3.05, 3.63) is 93.6 Å². The van der Waals surface area contributed by atoms with Crippen molar-refractivity contribution in [2.75, 3.05) is 13.2 Å². The lowest BCUT2D eigenvalue weighted by Crippen LogP contribution is -2.40. The van der Waals surface area contributed by atoms with Gasteiger partial charge >= 0.3 is 0 Å². The van der Waals surface area contributed by atoms with E-state index in [1.807, 2.05) is 50.2 Å². The fraction of sp³-hybridized carbons (Fsp3) is 0.185. The molecule has 1 unspecified atom stereocenters. The first kappa shape index (κ1) is 20.8. The Morgan fingerprint density at radius 1 is 1.00 bits per heavy atom. The van der Waals surface area contributed by atoms with E-state index in [0.717, 1.165) is 16.7 Å². The first-order valence-corrected chi connectivity index (χ1v) is 10.8. The molecule has 0 radical (unpaired) electrons. The summed E-state index contributed by atoms with van der Waals surface area (Å²) in [5, 5.41) is 3.46. The van der Waals surface area contributed by atoms with Gasteiger partial charge in [-0.1, -0.05) is 30.3 Å². The summed E-state index contributed by atoms with van der Waals surface area (Å²) in [6, 6.07) is 19.8. The van der Waals surface area contributed by atoms with Crippen molar-refractivity contribution < 1.29 is 18.7 Å². The van der Waals surface area contributed by atoms with Gasteiger partial charge in [0.15, 0.2) is 16.9 Å². The number of carbonyl (C=O) groups excluding carboxylic acids is 1. The van der Waals surface area contributed by atoms with Crippen molar-refractivity contribution in [3.8, 4) is 22.8 Å². The summed E-state index contributed by atoms with van der Waals surface area (Å²) in [6.07, 6.45) is -0.262. The van der Waals surface area contributed by atoms with Crippen molar-refractivity contribution in [2.24, 2.45) is 0 Å². The van der Waals surface area contributed by atoms with Gasteiger partial charge in [0.25, 0.3) is 5.91 Å². The van der Waals surface area contributed by atoms with Crippen molar-refractivity contribution in [3.63, 3.8) is 0 Å². The Morgan fingerprint density at radius 3 is 2.55 bits per heavy atom. The van der Waals surface area contributed by atoms with Crippen LogP contribution in [-0.4, -0.2) is 25.2 Å². The van der Waals surface area contributed by atoms with Crippen molar-refractivity contribution >= 4 is 16.9 Å². The second-order valence-electron chi connectivity index (χ2n) is 8.22. The number of hydrogen-bond donors (Lipinski definition) is 1. The maximum Gasteiger partial charge on any atom is 0.251 e. The van der Waals surface area contributed by atoms with Gasteiger partial charge in [0.1, 0.15) is 24.1 Å². The monoisotopic (exact) mass is 441 g/mol. The van der Waals surface area contributed by atoms with Crippen LogP contribution in [-0.2, 0) is 0 Å². The van der Waals surface area contributed by atoms with E-state index in [2.05, 4.69) is 5.32 Å². The number of nitrogens with one attached hydrogen (secondary N) is 1. The summed E-state index contributed by atoms with van der Waals surface area (Å²) in [5.74, 6) is 1.64. The molecule has 6 heteroatoms. The number of carbonyl (C=O) groups is 1. The Balaban J connectivity index is 1.29. The number of benzene rings is 3.